The molecule has 0 aliphatic carbocycles. The van der Waals surface area contributed by atoms with Gasteiger partial charge in [0, 0.05) is 19.1 Å². The van der Waals surface area contributed by atoms with Crippen LogP contribution in [0.3, 0.4) is 0 Å². The lowest BCUT2D eigenvalue weighted by atomic mass is 10.1. The van der Waals surface area contributed by atoms with Gasteiger partial charge >= 0.3 is 0 Å². The summed E-state index contributed by atoms with van der Waals surface area (Å²) in [5, 5.41) is 0. The van der Waals surface area contributed by atoms with Crippen LogP contribution >= 0.6 is 0 Å². The van der Waals surface area contributed by atoms with Gasteiger partial charge in [-0.05, 0) is 37.7 Å². The van der Waals surface area contributed by atoms with E-state index in [9.17, 15) is 8.42 Å². The monoisotopic (exact) mass is 299 g/mol. The second-order valence-corrected chi connectivity index (χ2v) is 6.55. The molecule has 5 nitrogen and oxygen atoms in total. The van der Waals surface area contributed by atoms with Crippen LogP contribution in [0.2, 0.25) is 0 Å². The molecule has 0 fully saturated rings. The van der Waals surface area contributed by atoms with Crippen LogP contribution in [0.15, 0.2) is 29.2 Å². The van der Waals surface area contributed by atoms with Crippen molar-refractivity contribution in [1.29, 1.82) is 0 Å². The predicted molar refractivity (Wildman–Crippen MR) is 82.0 cm³/mol. The van der Waals surface area contributed by atoms with Crippen LogP contribution < -0.4 is 10.5 Å². The predicted octanol–water partition coefficient (Wildman–Crippen LogP) is 1.33. The quantitative estimate of drug-likeness (QED) is 0.759. The molecule has 1 aromatic carbocycles. The van der Waals surface area contributed by atoms with Gasteiger partial charge in [0.1, 0.15) is 0 Å². The zero-order valence-electron chi connectivity index (χ0n) is 12.5. The van der Waals surface area contributed by atoms with Gasteiger partial charge in [0.2, 0.25) is 10.0 Å². The summed E-state index contributed by atoms with van der Waals surface area (Å²) in [5.74, 6) is 0. The van der Waals surface area contributed by atoms with Crippen LogP contribution in [0.25, 0.3) is 0 Å². The SMILES string of the molecule is CCN(CC)CCNS(=O)(=O)c1ccc(C(C)N)cc1. The summed E-state index contributed by atoms with van der Waals surface area (Å²) in [7, 11) is -3.43. The van der Waals surface area contributed by atoms with Gasteiger partial charge in [0.15, 0.2) is 0 Å². The van der Waals surface area contributed by atoms with Crippen molar-refractivity contribution in [3.8, 4) is 0 Å². The molecule has 3 N–H and O–H groups in total. The van der Waals surface area contributed by atoms with Gasteiger partial charge in [-0.15, -0.1) is 0 Å². The largest absolute Gasteiger partial charge is 0.324 e. The Morgan fingerprint density at radius 3 is 2.20 bits per heavy atom. The van der Waals surface area contributed by atoms with E-state index in [1.807, 2.05) is 6.92 Å². The molecular weight excluding hydrogens is 274 g/mol. The molecule has 1 aromatic rings. The first kappa shape index (κ1) is 17.1. The minimum absolute atomic E-state index is 0.0950. The Hall–Kier alpha value is -0.950. The number of nitrogens with zero attached hydrogens (tertiary/aromatic N) is 1. The van der Waals surface area contributed by atoms with E-state index in [2.05, 4.69) is 23.5 Å². The fraction of sp³-hybridized carbons (Fsp3) is 0.571. The molecule has 0 amide bonds. The van der Waals surface area contributed by atoms with Gasteiger partial charge in [-0.3, -0.25) is 0 Å². The summed E-state index contributed by atoms with van der Waals surface area (Å²) in [6.45, 7) is 8.95. The average Bonchev–Trinajstić information content (AvgIpc) is 2.43. The summed E-state index contributed by atoms with van der Waals surface area (Å²) < 4.78 is 26.8. The minimum Gasteiger partial charge on any atom is -0.324 e. The molecule has 0 heterocycles. The van der Waals surface area contributed by atoms with Gasteiger partial charge in [-0.1, -0.05) is 26.0 Å². The minimum atomic E-state index is -3.43. The van der Waals surface area contributed by atoms with Crippen LogP contribution in [-0.4, -0.2) is 39.5 Å². The van der Waals surface area contributed by atoms with Gasteiger partial charge in [0.25, 0.3) is 0 Å². The smallest absolute Gasteiger partial charge is 0.240 e. The highest BCUT2D eigenvalue weighted by atomic mass is 32.2. The molecule has 0 aliphatic heterocycles. The summed E-state index contributed by atoms with van der Waals surface area (Å²) in [6.07, 6.45) is 0. The van der Waals surface area contributed by atoms with E-state index in [4.69, 9.17) is 5.73 Å². The highest BCUT2D eigenvalue weighted by Crippen LogP contribution is 2.14. The standard InChI is InChI=1S/C14H25N3O2S/c1-4-17(5-2)11-10-16-20(18,19)14-8-6-13(7-9-14)12(3)15/h6-9,12,16H,4-5,10-11,15H2,1-3H3. The first-order valence-corrected chi connectivity index (χ1v) is 8.46. The number of benzene rings is 1. The van der Waals surface area contributed by atoms with Crippen LogP contribution in [-0.2, 0) is 10.0 Å². The number of nitrogens with two attached hydrogens (primary N) is 1. The first-order chi connectivity index (χ1) is 9.40. The van der Waals surface area contributed by atoms with Crippen LogP contribution in [0, 0.1) is 0 Å². The number of hydrogen-bond donors (Lipinski definition) is 2. The normalized spacial score (nSPS) is 13.7. The van der Waals surface area contributed by atoms with Crippen molar-refractivity contribution in [2.45, 2.75) is 31.7 Å². The van der Waals surface area contributed by atoms with Crippen LogP contribution in [0.4, 0.5) is 0 Å². The molecule has 1 rings (SSSR count). The third kappa shape index (κ3) is 4.86. The Balaban J connectivity index is 2.64. The zero-order valence-corrected chi connectivity index (χ0v) is 13.3. The molecule has 0 saturated heterocycles. The molecule has 20 heavy (non-hydrogen) atoms. The van der Waals surface area contributed by atoms with Gasteiger partial charge in [-0.2, -0.15) is 0 Å². The van der Waals surface area contributed by atoms with Crippen molar-refractivity contribution in [3.63, 3.8) is 0 Å². The molecule has 0 aliphatic rings. The van der Waals surface area contributed by atoms with Gasteiger partial charge in [-0.25, -0.2) is 13.1 Å². The Morgan fingerprint density at radius 1 is 1.20 bits per heavy atom. The van der Waals surface area contributed by atoms with E-state index >= 15 is 0 Å². The lowest BCUT2D eigenvalue weighted by Gasteiger charge is -2.18. The highest BCUT2D eigenvalue weighted by molar-refractivity contribution is 7.89. The zero-order chi connectivity index (χ0) is 15.2. The van der Waals surface area contributed by atoms with E-state index in [0.29, 0.717) is 13.1 Å². The molecule has 1 atom stereocenters. The number of likely N-dealkylation sites (N-methyl/N-ethyl adjacent to an activating group) is 1. The Labute approximate surface area is 122 Å². The Bertz CT molecular complexity index is 494. The van der Waals surface area contributed by atoms with E-state index in [-0.39, 0.29) is 10.9 Å². The molecule has 6 heteroatoms. The third-order valence-electron chi connectivity index (χ3n) is 3.33. The lowest BCUT2D eigenvalue weighted by molar-refractivity contribution is 0.309. The maximum atomic E-state index is 12.1. The van der Waals surface area contributed by atoms with Gasteiger partial charge in [0.05, 0.1) is 4.90 Å². The molecule has 114 valence electrons. The van der Waals surface area contributed by atoms with E-state index in [1.54, 1.807) is 24.3 Å². The number of sulfonamides is 1. The van der Waals surface area contributed by atoms with Crippen molar-refractivity contribution < 1.29 is 8.42 Å². The highest BCUT2D eigenvalue weighted by Gasteiger charge is 2.14. The molecule has 0 aromatic heterocycles. The van der Waals surface area contributed by atoms with Crippen molar-refractivity contribution in [1.82, 2.24) is 9.62 Å². The first-order valence-electron chi connectivity index (χ1n) is 6.98. The summed E-state index contributed by atoms with van der Waals surface area (Å²) in [4.78, 5) is 2.45. The van der Waals surface area contributed by atoms with Crippen molar-refractivity contribution >= 4 is 10.0 Å². The average molecular weight is 299 g/mol. The van der Waals surface area contributed by atoms with E-state index < -0.39 is 10.0 Å². The van der Waals surface area contributed by atoms with Crippen molar-refractivity contribution in [2.75, 3.05) is 26.2 Å². The Morgan fingerprint density at radius 2 is 1.75 bits per heavy atom. The summed E-state index contributed by atoms with van der Waals surface area (Å²) >= 11 is 0. The molecule has 1 unspecified atom stereocenters. The molecule has 0 radical (unpaired) electrons. The molecule has 0 saturated carbocycles. The fourth-order valence-electron chi connectivity index (χ4n) is 1.91. The summed E-state index contributed by atoms with van der Waals surface area (Å²) in [5.41, 5.74) is 6.67. The van der Waals surface area contributed by atoms with Crippen molar-refractivity contribution in [2.24, 2.45) is 5.73 Å². The maximum absolute atomic E-state index is 12.1. The second-order valence-electron chi connectivity index (χ2n) is 4.78. The Kier molecular flexibility index (Phi) is 6.61. The second kappa shape index (κ2) is 7.73. The number of nitrogens with one attached hydrogen (secondary N) is 1. The maximum Gasteiger partial charge on any atom is 0.240 e. The molecule has 0 spiro atoms. The lowest BCUT2D eigenvalue weighted by Crippen LogP contribution is -2.34. The number of hydrogen-bond acceptors (Lipinski definition) is 4. The third-order valence-corrected chi connectivity index (χ3v) is 4.81. The van der Waals surface area contributed by atoms with Crippen LogP contribution in [0.1, 0.15) is 32.4 Å². The van der Waals surface area contributed by atoms with E-state index in [1.165, 1.54) is 0 Å². The molecular formula is C14H25N3O2S. The van der Waals surface area contributed by atoms with Crippen LogP contribution in [0.5, 0.6) is 0 Å². The fourth-order valence-corrected chi connectivity index (χ4v) is 2.93. The van der Waals surface area contributed by atoms with Crippen molar-refractivity contribution in [3.05, 3.63) is 29.8 Å². The topological polar surface area (TPSA) is 75.4 Å². The van der Waals surface area contributed by atoms with Gasteiger partial charge < -0.3 is 10.6 Å². The molecule has 0 bridgehead atoms. The number of rotatable bonds is 8. The van der Waals surface area contributed by atoms with E-state index in [0.717, 1.165) is 18.7 Å². The summed E-state index contributed by atoms with van der Waals surface area (Å²) in [6, 6.07) is 6.60.